The number of aromatic nitrogens is 1. The van der Waals surface area contributed by atoms with Gasteiger partial charge in [0.05, 0.1) is 12.2 Å². The van der Waals surface area contributed by atoms with Crippen molar-refractivity contribution in [3.8, 4) is 5.88 Å². The van der Waals surface area contributed by atoms with Gasteiger partial charge >= 0.3 is 0 Å². The van der Waals surface area contributed by atoms with Crippen LogP contribution in [0.3, 0.4) is 0 Å². The van der Waals surface area contributed by atoms with Crippen molar-refractivity contribution in [2.24, 2.45) is 0 Å². The number of pyridine rings is 1. The van der Waals surface area contributed by atoms with Gasteiger partial charge < -0.3 is 10.1 Å². The maximum absolute atomic E-state index is 12.6. The monoisotopic (exact) mass is 457 g/mol. The Morgan fingerprint density at radius 3 is 2.52 bits per heavy atom. The first-order valence-corrected chi connectivity index (χ1v) is 12.3. The van der Waals surface area contributed by atoms with E-state index in [0.717, 1.165) is 23.3 Å². The van der Waals surface area contributed by atoms with Gasteiger partial charge in [-0.3, -0.25) is 4.79 Å². The molecule has 1 amide bonds. The van der Waals surface area contributed by atoms with E-state index in [4.69, 9.17) is 4.74 Å². The van der Waals surface area contributed by atoms with Crippen molar-refractivity contribution in [2.75, 3.05) is 19.7 Å². The van der Waals surface area contributed by atoms with Gasteiger partial charge in [0, 0.05) is 24.0 Å². The molecule has 1 aliphatic heterocycles. The summed E-state index contributed by atoms with van der Waals surface area (Å²) in [6.45, 7) is 0.848. The maximum Gasteiger partial charge on any atom is 0.258 e. The number of ether oxygens (including phenoxy) is 1. The highest BCUT2D eigenvalue weighted by Crippen LogP contribution is 2.26. The van der Waals surface area contributed by atoms with Crippen molar-refractivity contribution in [1.29, 1.82) is 0 Å². The van der Waals surface area contributed by atoms with E-state index in [0.29, 0.717) is 13.1 Å². The largest absolute Gasteiger partial charge is 0.468 e. The van der Waals surface area contributed by atoms with Gasteiger partial charge in [0.15, 0.2) is 6.61 Å². The van der Waals surface area contributed by atoms with Gasteiger partial charge in [-0.05, 0) is 35.9 Å². The lowest BCUT2D eigenvalue weighted by Crippen LogP contribution is -2.33. The molecule has 2 aromatic heterocycles. The average Bonchev–Trinajstić information content (AvgIpc) is 3.52. The Kier molecular flexibility index (Phi) is 6.64. The molecule has 0 aliphatic carbocycles. The molecular formula is C22H23N3O4S2. The Hall–Kier alpha value is -2.75. The summed E-state index contributed by atoms with van der Waals surface area (Å²) in [4.78, 5) is 17.8. The zero-order valence-corrected chi connectivity index (χ0v) is 18.4. The lowest BCUT2D eigenvalue weighted by Gasteiger charge is -2.18. The van der Waals surface area contributed by atoms with E-state index < -0.39 is 10.0 Å². The summed E-state index contributed by atoms with van der Waals surface area (Å²) in [7, 11) is -3.52. The van der Waals surface area contributed by atoms with E-state index >= 15 is 0 Å². The van der Waals surface area contributed by atoms with Gasteiger partial charge in [-0.1, -0.05) is 36.4 Å². The lowest BCUT2D eigenvalue weighted by atomic mass is 10.1. The number of sulfonamides is 1. The van der Waals surface area contributed by atoms with Crippen LogP contribution in [0.4, 0.5) is 0 Å². The molecule has 3 heterocycles. The van der Waals surface area contributed by atoms with Crippen LogP contribution in [-0.2, 0) is 14.8 Å². The number of thiophene rings is 1. The van der Waals surface area contributed by atoms with E-state index in [2.05, 4.69) is 10.3 Å². The van der Waals surface area contributed by atoms with Crippen molar-refractivity contribution in [3.63, 3.8) is 0 Å². The molecule has 7 nitrogen and oxygen atoms in total. The molecule has 1 atom stereocenters. The minimum atomic E-state index is -3.52. The van der Waals surface area contributed by atoms with Crippen molar-refractivity contribution >= 4 is 27.3 Å². The molecule has 1 saturated heterocycles. The lowest BCUT2D eigenvalue weighted by molar-refractivity contribution is -0.123. The first kappa shape index (κ1) is 21.5. The molecule has 0 bridgehead atoms. The highest BCUT2D eigenvalue weighted by atomic mass is 32.2. The maximum atomic E-state index is 12.6. The summed E-state index contributed by atoms with van der Waals surface area (Å²) < 4.78 is 32.1. The molecule has 1 aliphatic rings. The van der Waals surface area contributed by atoms with E-state index in [-0.39, 0.29) is 29.3 Å². The molecule has 31 heavy (non-hydrogen) atoms. The van der Waals surface area contributed by atoms with Crippen LogP contribution in [-0.4, -0.2) is 43.3 Å². The Bertz CT molecular complexity index is 1100. The quantitative estimate of drug-likeness (QED) is 0.561. The second kappa shape index (κ2) is 9.59. The van der Waals surface area contributed by atoms with Crippen molar-refractivity contribution in [3.05, 3.63) is 76.6 Å². The van der Waals surface area contributed by atoms with Crippen molar-refractivity contribution in [1.82, 2.24) is 14.6 Å². The Balaban J connectivity index is 1.38. The van der Waals surface area contributed by atoms with E-state index in [9.17, 15) is 13.2 Å². The summed E-state index contributed by atoms with van der Waals surface area (Å²) in [5.41, 5.74) is 0.980. The molecule has 3 aromatic rings. The molecule has 162 valence electrons. The summed E-state index contributed by atoms with van der Waals surface area (Å²) in [6.07, 6.45) is 3.02. The fourth-order valence-corrected chi connectivity index (χ4v) is 5.71. The Morgan fingerprint density at radius 2 is 1.87 bits per heavy atom. The Morgan fingerprint density at radius 1 is 1.10 bits per heavy atom. The smallest absolute Gasteiger partial charge is 0.258 e. The van der Waals surface area contributed by atoms with Crippen LogP contribution >= 0.6 is 11.3 Å². The topological polar surface area (TPSA) is 88.6 Å². The third kappa shape index (κ3) is 5.12. The SMILES string of the molecule is O=C(COc1ccc(S(=O)(=O)N2CCCC2)cn1)NC(c1ccccc1)c1cccs1. The zero-order valence-electron chi connectivity index (χ0n) is 16.8. The van der Waals surface area contributed by atoms with Gasteiger partial charge in [-0.2, -0.15) is 4.31 Å². The molecule has 9 heteroatoms. The number of amides is 1. The van der Waals surface area contributed by atoms with Crippen LogP contribution in [0.1, 0.15) is 29.3 Å². The third-order valence-corrected chi connectivity index (χ3v) is 7.85. The highest BCUT2D eigenvalue weighted by molar-refractivity contribution is 7.89. The summed E-state index contributed by atoms with van der Waals surface area (Å²) in [6, 6.07) is 16.3. The number of hydrogen-bond acceptors (Lipinski definition) is 6. The van der Waals surface area contributed by atoms with Crippen LogP contribution in [0.2, 0.25) is 0 Å². The van der Waals surface area contributed by atoms with Gasteiger partial charge in [0.1, 0.15) is 4.90 Å². The first-order valence-electron chi connectivity index (χ1n) is 10.0. The van der Waals surface area contributed by atoms with Crippen molar-refractivity contribution < 1.29 is 17.9 Å². The van der Waals surface area contributed by atoms with Gasteiger partial charge in [-0.25, -0.2) is 13.4 Å². The number of carbonyl (C=O) groups excluding carboxylic acids is 1. The number of carbonyl (C=O) groups is 1. The van der Waals surface area contributed by atoms with Gasteiger partial charge in [-0.15, -0.1) is 11.3 Å². The number of nitrogens with one attached hydrogen (secondary N) is 1. The molecule has 1 fully saturated rings. The van der Waals surface area contributed by atoms with Crippen LogP contribution in [0, 0.1) is 0 Å². The number of hydrogen-bond donors (Lipinski definition) is 1. The molecular weight excluding hydrogens is 434 g/mol. The van der Waals surface area contributed by atoms with Crippen molar-refractivity contribution in [2.45, 2.75) is 23.8 Å². The van der Waals surface area contributed by atoms with Crippen LogP contribution < -0.4 is 10.1 Å². The van der Waals surface area contributed by atoms with Crippen LogP contribution in [0.5, 0.6) is 5.88 Å². The minimum absolute atomic E-state index is 0.132. The molecule has 0 spiro atoms. The predicted molar refractivity (Wildman–Crippen MR) is 118 cm³/mol. The van der Waals surface area contributed by atoms with Crippen LogP contribution in [0.15, 0.2) is 71.1 Å². The third-order valence-electron chi connectivity index (χ3n) is 5.03. The molecule has 4 rings (SSSR count). The number of nitrogens with zero attached hydrogens (tertiary/aromatic N) is 2. The number of rotatable bonds is 8. The van der Waals surface area contributed by atoms with Crippen LogP contribution in [0.25, 0.3) is 0 Å². The molecule has 0 radical (unpaired) electrons. The average molecular weight is 458 g/mol. The first-order chi connectivity index (χ1) is 15.0. The Labute approximate surface area is 185 Å². The highest BCUT2D eigenvalue weighted by Gasteiger charge is 2.27. The molecule has 1 aromatic carbocycles. The molecule has 0 saturated carbocycles. The standard InChI is InChI=1S/C22H23N3O4S2/c26-20(24-22(19-9-6-14-30-19)17-7-2-1-3-8-17)16-29-21-11-10-18(15-23-21)31(27,28)25-12-4-5-13-25/h1-3,6-11,14-15,22H,4-5,12-13,16H2,(H,24,26). The van der Waals surface area contributed by atoms with Gasteiger partial charge in [0.2, 0.25) is 15.9 Å². The second-order valence-corrected chi connectivity index (χ2v) is 10.1. The summed E-state index contributed by atoms with van der Waals surface area (Å²) in [5.74, 6) is -0.0966. The zero-order chi connectivity index (χ0) is 21.7. The van der Waals surface area contributed by atoms with Gasteiger partial charge in [0.25, 0.3) is 5.91 Å². The molecule has 1 N–H and O–H groups in total. The fraction of sp³-hybridized carbons (Fsp3) is 0.273. The van der Waals surface area contributed by atoms with E-state index in [1.807, 2.05) is 47.8 Å². The fourth-order valence-electron chi connectivity index (χ4n) is 3.44. The van der Waals surface area contributed by atoms with E-state index in [1.54, 1.807) is 11.3 Å². The summed E-state index contributed by atoms with van der Waals surface area (Å²) in [5, 5.41) is 4.96. The molecule has 1 unspecified atom stereocenters. The summed E-state index contributed by atoms with van der Waals surface area (Å²) >= 11 is 1.57. The second-order valence-electron chi connectivity index (χ2n) is 7.16. The normalized spacial score (nSPS) is 15.5. The number of benzene rings is 1. The predicted octanol–water partition coefficient (Wildman–Crippen LogP) is 3.21. The minimum Gasteiger partial charge on any atom is -0.468 e. The van der Waals surface area contributed by atoms with E-state index in [1.165, 1.54) is 22.6 Å².